The zero-order valence-corrected chi connectivity index (χ0v) is 7.96. The van der Waals surface area contributed by atoms with Crippen LogP contribution in [-0.2, 0) is 4.74 Å². The van der Waals surface area contributed by atoms with Gasteiger partial charge in [-0.1, -0.05) is 6.42 Å². The highest BCUT2D eigenvalue weighted by Crippen LogP contribution is 2.24. The smallest absolute Gasteiger partial charge is 0.0996 e. The summed E-state index contributed by atoms with van der Waals surface area (Å²) in [7, 11) is 0. The number of nitrogens with zero attached hydrogens (tertiary/aromatic N) is 1. The zero-order chi connectivity index (χ0) is 8.39. The first kappa shape index (κ1) is 8.52. The van der Waals surface area contributed by atoms with Crippen molar-refractivity contribution in [2.45, 2.75) is 51.2 Å². The van der Waals surface area contributed by atoms with E-state index in [2.05, 4.69) is 11.8 Å². The predicted molar refractivity (Wildman–Crippen MR) is 49.0 cm³/mol. The van der Waals surface area contributed by atoms with Gasteiger partial charge in [0.25, 0.3) is 0 Å². The van der Waals surface area contributed by atoms with E-state index in [-0.39, 0.29) is 0 Å². The molecular weight excluding hydrogens is 150 g/mol. The lowest BCUT2D eigenvalue weighted by molar-refractivity contribution is -0.0169. The molecule has 2 heterocycles. The molecule has 0 radical (unpaired) electrons. The molecule has 0 aromatic rings. The average Bonchev–Trinajstić information content (AvgIpc) is 2.29. The fourth-order valence-electron chi connectivity index (χ4n) is 2.29. The van der Waals surface area contributed by atoms with Gasteiger partial charge in [-0.2, -0.15) is 0 Å². The minimum Gasteiger partial charge on any atom is -0.363 e. The monoisotopic (exact) mass is 169 g/mol. The summed E-state index contributed by atoms with van der Waals surface area (Å²) < 4.78 is 5.70. The molecule has 70 valence electrons. The Morgan fingerprint density at radius 3 is 3.00 bits per heavy atom. The van der Waals surface area contributed by atoms with Crippen molar-refractivity contribution in [2.24, 2.45) is 0 Å². The first-order valence-electron chi connectivity index (χ1n) is 5.22. The minimum atomic E-state index is 0.482. The Kier molecular flexibility index (Phi) is 2.66. The molecule has 2 unspecified atom stereocenters. The molecular formula is C10H19NO. The molecule has 0 saturated carbocycles. The van der Waals surface area contributed by atoms with Gasteiger partial charge >= 0.3 is 0 Å². The topological polar surface area (TPSA) is 12.5 Å². The maximum absolute atomic E-state index is 5.70. The fourth-order valence-corrected chi connectivity index (χ4v) is 2.29. The normalized spacial score (nSPS) is 38.8. The summed E-state index contributed by atoms with van der Waals surface area (Å²) in [4.78, 5) is 2.52. The summed E-state index contributed by atoms with van der Waals surface area (Å²) >= 11 is 0. The number of fused-ring (bicyclic) bond motifs is 1. The van der Waals surface area contributed by atoms with Crippen LogP contribution in [-0.4, -0.2) is 30.3 Å². The van der Waals surface area contributed by atoms with E-state index < -0.39 is 0 Å². The van der Waals surface area contributed by atoms with Crippen LogP contribution in [0.5, 0.6) is 0 Å². The van der Waals surface area contributed by atoms with Gasteiger partial charge < -0.3 is 4.74 Å². The number of rotatable bonds is 0. The Bertz CT molecular complexity index is 133. The van der Waals surface area contributed by atoms with Crippen molar-refractivity contribution in [1.82, 2.24) is 4.90 Å². The third-order valence-electron chi connectivity index (χ3n) is 3.18. The third-order valence-corrected chi connectivity index (χ3v) is 3.18. The number of ether oxygens (including phenoxy) is 1. The van der Waals surface area contributed by atoms with E-state index in [4.69, 9.17) is 4.74 Å². The molecule has 2 aliphatic heterocycles. The summed E-state index contributed by atoms with van der Waals surface area (Å²) in [6, 6.07) is 0.837. The molecule has 2 rings (SSSR count). The van der Waals surface area contributed by atoms with Crippen LogP contribution >= 0.6 is 0 Å². The van der Waals surface area contributed by atoms with Crippen molar-refractivity contribution in [1.29, 1.82) is 0 Å². The largest absolute Gasteiger partial charge is 0.363 e. The maximum Gasteiger partial charge on any atom is 0.0996 e. The first-order valence-corrected chi connectivity index (χ1v) is 5.22. The summed E-state index contributed by atoms with van der Waals surface area (Å²) in [5.74, 6) is 0. The Hall–Kier alpha value is -0.0800. The van der Waals surface area contributed by atoms with Crippen LogP contribution in [0.15, 0.2) is 0 Å². The van der Waals surface area contributed by atoms with Crippen molar-refractivity contribution in [3.05, 3.63) is 0 Å². The highest BCUT2D eigenvalue weighted by molar-refractivity contribution is 4.78. The van der Waals surface area contributed by atoms with E-state index >= 15 is 0 Å². The molecule has 2 fully saturated rings. The lowest BCUT2D eigenvalue weighted by atomic mass is 9.98. The van der Waals surface area contributed by atoms with Crippen LogP contribution in [0.1, 0.15) is 39.0 Å². The van der Waals surface area contributed by atoms with Crippen LogP contribution in [0.3, 0.4) is 0 Å². The van der Waals surface area contributed by atoms with E-state index in [9.17, 15) is 0 Å². The van der Waals surface area contributed by atoms with Crippen LogP contribution in [0, 0.1) is 0 Å². The van der Waals surface area contributed by atoms with Crippen LogP contribution in [0.25, 0.3) is 0 Å². The van der Waals surface area contributed by atoms with Gasteiger partial charge in [-0.15, -0.1) is 0 Å². The highest BCUT2D eigenvalue weighted by atomic mass is 16.5. The standard InChI is InChI=1S/C10H19NO/c1-9-5-6-10-4-2-3-7-11(10)8-12-9/h9-10H,2-8H2,1H3. The van der Waals surface area contributed by atoms with E-state index in [1.807, 2.05) is 0 Å². The molecule has 2 nitrogen and oxygen atoms in total. The Balaban J connectivity index is 1.94. The summed E-state index contributed by atoms with van der Waals surface area (Å²) in [5, 5.41) is 0. The summed E-state index contributed by atoms with van der Waals surface area (Å²) in [6.07, 6.45) is 7.28. The van der Waals surface area contributed by atoms with Gasteiger partial charge in [0.1, 0.15) is 0 Å². The number of hydrogen-bond donors (Lipinski definition) is 0. The van der Waals surface area contributed by atoms with Gasteiger partial charge in [0.15, 0.2) is 0 Å². The lowest BCUT2D eigenvalue weighted by Crippen LogP contribution is -2.39. The quantitative estimate of drug-likeness (QED) is 0.550. The van der Waals surface area contributed by atoms with Gasteiger partial charge in [-0.05, 0) is 32.6 Å². The SMILES string of the molecule is CC1CCC2CCCCN2CO1. The van der Waals surface area contributed by atoms with Crippen LogP contribution < -0.4 is 0 Å². The zero-order valence-electron chi connectivity index (χ0n) is 7.96. The van der Waals surface area contributed by atoms with Gasteiger partial charge in [0, 0.05) is 12.6 Å². The highest BCUT2D eigenvalue weighted by Gasteiger charge is 2.25. The predicted octanol–water partition coefficient (Wildman–Crippen LogP) is 2.00. The van der Waals surface area contributed by atoms with Crippen LogP contribution in [0.2, 0.25) is 0 Å². The molecule has 2 saturated heterocycles. The van der Waals surface area contributed by atoms with Crippen molar-refractivity contribution in [3.63, 3.8) is 0 Å². The molecule has 0 amide bonds. The number of piperidine rings is 1. The van der Waals surface area contributed by atoms with Gasteiger partial charge in [-0.25, -0.2) is 0 Å². The van der Waals surface area contributed by atoms with E-state index in [0.29, 0.717) is 6.10 Å². The van der Waals surface area contributed by atoms with Crippen molar-refractivity contribution in [3.8, 4) is 0 Å². The van der Waals surface area contributed by atoms with Crippen molar-refractivity contribution >= 4 is 0 Å². The summed E-state index contributed by atoms with van der Waals surface area (Å²) in [6.45, 7) is 4.33. The van der Waals surface area contributed by atoms with Gasteiger partial charge in [-0.3, -0.25) is 4.90 Å². The average molecular weight is 169 g/mol. The molecule has 0 N–H and O–H groups in total. The first-order chi connectivity index (χ1) is 5.86. The second kappa shape index (κ2) is 3.75. The Morgan fingerprint density at radius 1 is 1.17 bits per heavy atom. The fraction of sp³-hybridized carbons (Fsp3) is 1.00. The number of hydrogen-bond acceptors (Lipinski definition) is 2. The lowest BCUT2D eigenvalue weighted by Gasteiger charge is -2.33. The molecule has 0 aliphatic carbocycles. The molecule has 0 aromatic carbocycles. The van der Waals surface area contributed by atoms with Gasteiger partial charge in [0.05, 0.1) is 12.8 Å². The Morgan fingerprint density at radius 2 is 2.08 bits per heavy atom. The minimum absolute atomic E-state index is 0.482. The third kappa shape index (κ3) is 1.80. The van der Waals surface area contributed by atoms with Crippen LogP contribution in [0.4, 0.5) is 0 Å². The molecule has 12 heavy (non-hydrogen) atoms. The Labute approximate surface area is 74.9 Å². The van der Waals surface area contributed by atoms with E-state index in [1.54, 1.807) is 0 Å². The second-order valence-electron chi connectivity index (χ2n) is 4.15. The maximum atomic E-state index is 5.70. The van der Waals surface area contributed by atoms with E-state index in [1.165, 1.54) is 38.6 Å². The molecule has 0 aromatic heterocycles. The van der Waals surface area contributed by atoms with E-state index in [0.717, 1.165) is 12.8 Å². The summed E-state index contributed by atoms with van der Waals surface area (Å²) in [5.41, 5.74) is 0. The molecule has 2 heteroatoms. The molecule has 2 atom stereocenters. The van der Waals surface area contributed by atoms with Crippen molar-refractivity contribution < 1.29 is 4.74 Å². The molecule has 2 aliphatic rings. The van der Waals surface area contributed by atoms with Crippen molar-refractivity contribution in [2.75, 3.05) is 13.3 Å². The molecule has 0 spiro atoms. The molecule has 0 bridgehead atoms. The van der Waals surface area contributed by atoms with Gasteiger partial charge in [0.2, 0.25) is 0 Å². The second-order valence-corrected chi connectivity index (χ2v) is 4.15.